The van der Waals surface area contributed by atoms with Crippen LogP contribution in [0.2, 0.25) is 0 Å². The first kappa shape index (κ1) is 15.7. The number of nitrogens with zero attached hydrogens (tertiary/aromatic N) is 4. The Morgan fingerprint density at radius 3 is 2.64 bits per heavy atom. The normalized spacial score (nSPS) is 11.1. The predicted molar refractivity (Wildman–Crippen MR) is 96.6 cm³/mol. The van der Waals surface area contributed by atoms with Gasteiger partial charge in [-0.2, -0.15) is 0 Å². The highest BCUT2D eigenvalue weighted by molar-refractivity contribution is 7.98. The summed E-state index contributed by atoms with van der Waals surface area (Å²) in [7, 11) is 3.65. The molecule has 2 aromatic heterocycles. The smallest absolute Gasteiger partial charge is 0.247 e. The van der Waals surface area contributed by atoms with Gasteiger partial charge in [-0.3, -0.25) is 0 Å². The zero-order valence-corrected chi connectivity index (χ0v) is 14.7. The van der Waals surface area contributed by atoms with Crippen LogP contribution in [0.15, 0.2) is 58.1 Å². The van der Waals surface area contributed by atoms with Crippen molar-refractivity contribution in [2.45, 2.75) is 10.9 Å². The molecule has 0 radical (unpaired) electrons. The molecular weight excluding hydrogens is 336 g/mol. The number of benzene rings is 2. The van der Waals surface area contributed by atoms with Crippen LogP contribution in [-0.4, -0.2) is 26.9 Å². The van der Waals surface area contributed by atoms with Crippen LogP contribution >= 0.6 is 11.8 Å². The second-order valence-corrected chi connectivity index (χ2v) is 6.40. The highest BCUT2D eigenvalue weighted by atomic mass is 32.2. The van der Waals surface area contributed by atoms with Crippen molar-refractivity contribution in [3.63, 3.8) is 0 Å². The molecule has 0 bridgehead atoms. The minimum Gasteiger partial charge on any atom is -0.497 e. The van der Waals surface area contributed by atoms with Crippen molar-refractivity contribution < 1.29 is 9.15 Å². The molecule has 0 aliphatic carbocycles. The lowest BCUT2D eigenvalue weighted by molar-refractivity contribution is 0.415. The summed E-state index contributed by atoms with van der Waals surface area (Å²) in [6, 6.07) is 15.6. The van der Waals surface area contributed by atoms with Crippen molar-refractivity contribution in [3.8, 4) is 17.2 Å². The summed E-state index contributed by atoms with van der Waals surface area (Å²) in [6.45, 7) is 0. The van der Waals surface area contributed by atoms with Crippen LogP contribution in [-0.2, 0) is 12.8 Å². The van der Waals surface area contributed by atoms with Crippen molar-refractivity contribution in [2.75, 3.05) is 7.11 Å². The third-order valence-corrected chi connectivity index (χ3v) is 4.89. The first-order chi connectivity index (χ1) is 12.2. The Morgan fingerprint density at radius 2 is 1.88 bits per heavy atom. The molecule has 6 nitrogen and oxygen atoms in total. The van der Waals surface area contributed by atoms with Gasteiger partial charge in [-0.1, -0.05) is 23.9 Å². The number of aromatic nitrogens is 4. The number of aryl methyl sites for hydroxylation is 1. The summed E-state index contributed by atoms with van der Waals surface area (Å²) in [4.78, 5) is 4.63. The zero-order chi connectivity index (χ0) is 17.2. The summed E-state index contributed by atoms with van der Waals surface area (Å²) in [6.07, 6.45) is 0. The van der Waals surface area contributed by atoms with E-state index in [1.165, 1.54) is 0 Å². The van der Waals surface area contributed by atoms with E-state index in [4.69, 9.17) is 9.15 Å². The van der Waals surface area contributed by atoms with Crippen LogP contribution in [0, 0.1) is 0 Å². The molecule has 25 heavy (non-hydrogen) atoms. The molecule has 0 saturated carbocycles. The van der Waals surface area contributed by atoms with Gasteiger partial charge < -0.3 is 13.7 Å². The third kappa shape index (κ3) is 3.10. The number of imidazole rings is 1. The summed E-state index contributed by atoms with van der Waals surface area (Å²) in [5.74, 6) is 2.44. The number of hydrogen-bond acceptors (Lipinski definition) is 6. The van der Waals surface area contributed by atoms with E-state index in [1.807, 2.05) is 49.5 Å². The molecule has 0 aliphatic rings. The van der Waals surface area contributed by atoms with E-state index in [-0.39, 0.29) is 0 Å². The Balaban J connectivity index is 1.49. The fourth-order valence-corrected chi connectivity index (χ4v) is 3.37. The van der Waals surface area contributed by atoms with Gasteiger partial charge in [0.1, 0.15) is 5.75 Å². The number of fused-ring (bicyclic) bond motifs is 1. The largest absolute Gasteiger partial charge is 0.497 e. The Labute approximate surface area is 148 Å². The van der Waals surface area contributed by atoms with Gasteiger partial charge in [0, 0.05) is 12.6 Å². The van der Waals surface area contributed by atoms with E-state index in [0.29, 0.717) is 17.5 Å². The second kappa shape index (κ2) is 6.60. The first-order valence-corrected chi connectivity index (χ1v) is 8.74. The maximum absolute atomic E-state index is 5.76. The molecule has 0 amide bonds. The number of thioether (sulfide) groups is 1. The van der Waals surface area contributed by atoms with Gasteiger partial charge in [0.15, 0.2) is 5.16 Å². The summed E-state index contributed by atoms with van der Waals surface area (Å²) < 4.78 is 13.0. The lowest BCUT2D eigenvalue weighted by atomic mass is 10.2. The highest BCUT2D eigenvalue weighted by Gasteiger charge is 2.12. The van der Waals surface area contributed by atoms with E-state index < -0.39 is 0 Å². The monoisotopic (exact) mass is 352 g/mol. The number of ether oxygens (including phenoxy) is 1. The molecule has 0 aliphatic heterocycles. The number of para-hydroxylation sites is 2. The number of methoxy groups -OCH3 is 1. The van der Waals surface area contributed by atoms with Crippen LogP contribution in [0.3, 0.4) is 0 Å². The predicted octanol–water partition coefficient (Wildman–Crippen LogP) is 3.92. The summed E-state index contributed by atoms with van der Waals surface area (Å²) >= 11 is 1.58. The minimum atomic E-state index is 0.503. The van der Waals surface area contributed by atoms with E-state index >= 15 is 0 Å². The summed E-state index contributed by atoms with van der Waals surface area (Å²) in [5.41, 5.74) is 2.96. The minimum absolute atomic E-state index is 0.503. The fraction of sp³-hybridized carbons (Fsp3) is 0.167. The number of rotatable bonds is 5. The molecule has 2 heterocycles. The molecule has 4 rings (SSSR count). The van der Waals surface area contributed by atoms with Gasteiger partial charge in [-0.25, -0.2) is 4.98 Å². The number of hydrogen-bond donors (Lipinski definition) is 0. The van der Waals surface area contributed by atoms with Crippen molar-refractivity contribution in [1.82, 2.24) is 19.7 Å². The molecule has 126 valence electrons. The van der Waals surface area contributed by atoms with Gasteiger partial charge in [0.05, 0.1) is 23.9 Å². The molecule has 0 atom stereocenters. The molecule has 7 heteroatoms. The quantitative estimate of drug-likeness (QED) is 0.507. The van der Waals surface area contributed by atoms with Crippen LogP contribution in [0.4, 0.5) is 0 Å². The molecule has 0 fully saturated rings. The third-order valence-electron chi connectivity index (χ3n) is 3.87. The molecule has 0 saturated heterocycles. The fourth-order valence-electron chi connectivity index (χ4n) is 2.54. The van der Waals surface area contributed by atoms with Gasteiger partial charge in [0.2, 0.25) is 11.8 Å². The van der Waals surface area contributed by atoms with Gasteiger partial charge in [-0.15, -0.1) is 10.2 Å². The van der Waals surface area contributed by atoms with E-state index in [0.717, 1.165) is 27.5 Å². The van der Waals surface area contributed by atoms with Crippen LogP contribution in [0.1, 0.15) is 5.89 Å². The standard InChI is InChI=1S/C18H16N4O2S/c1-22-15-6-4-3-5-14(15)19-18(22)25-11-16-20-21-17(24-16)12-7-9-13(23-2)10-8-12/h3-10H,11H2,1-2H3. The molecular formula is C18H16N4O2S. The van der Waals surface area contributed by atoms with Crippen molar-refractivity contribution in [3.05, 3.63) is 54.4 Å². The van der Waals surface area contributed by atoms with Crippen LogP contribution in [0.5, 0.6) is 5.75 Å². The molecule has 2 aromatic carbocycles. The average Bonchev–Trinajstić information content (AvgIpc) is 3.25. The van der Waals surface area contributed by atoms with Crippen molar-refractivity contribution in [2.24, 2.45) is 7.05 Å². The van der Waals surface area contributed by atoms with Gasteiger partial charge in [0.25, 0.3) is 0 Å². The Morgan fingerprint density at radius 1 is 1.08 bits per heavy atom. The molecule has 0 N–H and O–H groups in total. The maximum atomic E-state index is 5.76. The van der Waals surface area contributed by atoms with Crippen LogP contribution in [0.25, 0.3) is 22.5 Å². The van der Waals surface area contributed by atoms with Gasteiger partial charge in [-0.05, 0) is 36.4 Å². The first-order valence-electron chi connectivity index (χ1n) is 7.75. The van der Waals surface area contributed by atoms with Crippen LogP contribution < -0.4 is 4.74 Å². The molecule has 0 unspecified atom stereocenters. The van der Waals surface area contributed by atoms with E-state index in [9.17, 15) is 0 Å². The van der Waals surface area contributed by atoms with E-state index in [2.05, 4.69) is 25.8 Å². The Kier molecular flexibility index (Phi) is 4.15. The van der Waals surface area contributed by atoms with Gasteiger partial charge >= 0.3 is 0 Å². The summed E-state index contributed by atoms with van der Waals surface area (Å²) in [5, 5.41) is 9.17. The van der Waals surface area contributed by atoms with Crippen molar-refractivity contribution in [1.29, 1.82) is 0 Å². The lowest BCUT2D eigenvalue weighted by Crippen LogP contribution is -1.91. The lowest BCUT2D eigenvalue weighted by Gasteiger charge is -2.00. The Hall–Kier alpha value is -2.80. The maximum Gasteiger partial charge on any atom is 0.247 e. The Bertz CT molecular complexity index is 1010. The highest BCUT2D eigenvalue weighted by Crippen LogP contribution is 2.27. The second-order valence-electron chi connectivity index (χ2n) is 5.46. The average molecular weight is 352 g/mol. The molecule has 4 aromatic rings. The topological polar surface area (TPSA) is 66.0 Å². The van der Waals surface area contributed by atoms with Crippen molar-refractivity contribution >= 4 is 22.8 Å². The molecule has 0 spiro atoms. The zero-order valence-electron chi connectivity index (χ0n) is 13.8. The van der Waals surface area contributed by atoms with E-state index in [1.54, 1.807) is 18.9 Å². The SMILES string of the molecule is COc1ccc(-c2nnc(CSc3nc4ccccc4n3C)o2)cc1.